The van der Waals surface area contributed by atoms with Crippen LogP contribution < -0.4 is 0 Å². The van der Waals surface area contributed by atoms with Gasteiger partial charge in [-0.15, -0.1) is 0 Å². The number of aromatic nitrogens is 2. The zero-order chi connectivity index (χ0) is 12.1. The third kappa shape index (κ3) is 3.12. The van der Waals surface area contributed by atoms with Gasteiger partial charge in [-0.05, 0) is 25.9 Å². The summed E-state index contributed by atoms with van der Waals surface area (Å²) < 4.78 is 5.00. The molecule has 1 unspecified atom stereocenters. The van der Waals surface area contributed by atoms with Crippen molar-refractivity contribution >= 4 is 6.29 Å². The Morgan fingerprint density at radius 2 is 2.41 bits per heavy atom. The first-order valence-corrected chi connectivity index (χ1v) is 6.32. The summed E-state index contributed by atoms with van der Waals surface area (Å²) in [6.45, 7) is 4.43. The van der Waals surface area contributed by atoms with Crippen molar-refractivity contribution in [2.24, 2.45) is 0 Å². The van der Waals surface area contributed by atoms with E-state index in [0.29, 0.717) is 11.9 Å². The lowest BCUT2D eigenvalue weighted by Gasteiger charge is -2.34. The molecule has 1 saturated heterocycles. The first-order chi connectivity index (χ1) is 8.33. The molecule has 0 radical (unpaired) electrons. The van der Waals surface area contributed by atoms with Crippen LogP contribution in [0.15, 0.2) is 4.52 Å². The van der Waals surface area contributed by atoms with Crippen LogP contribution in [0.25, 0.3) is 0 Å². The molecule has 2 rings (SSSR count). The van der Waals surface area contributed by atoms with Gasteiger partial charge in [0.15, 0.2) is 5.82 Å². The van der Waals surface area contributed by atoms with Crippen molar-refractivity contribution in [2.45, 2.75) is 45.1 Å². The molecule has 5 heteroatoms. The Morgan fingerprint density at radius 3 is 3.18 bits per heavy atom. The molecule has 0 N–H and O–H groups in total. The fourth-order valence-corrected chi connectivity index (χ4v) is 2.45. The Bertz CT molecular complexity index is 364. The molecule has 17 heavy (non-hydrogen) atoms. The van der Waals surface area contributed by atoms with Crippen molar-refractivity contribution in [2.75, 3.05) is 13.1 Å². The van der Waals surface area contributed by atoms with Gasteiger partial charge in [-0.3, -0.25) is 0 Å². The second-order valence-corrected chi connectivity index (χ2v) is 4.46. The largest absolute Gasteiger partial charge is 0.339 e. The second-order valence-electron chi connectivity index (χ2n) is 4.46. The van der Waals surface area contributed by atoms with E-state index in [2.05, 4.69) is 22.0 Å². The minimum Gasteiger partial charge on any atom is -0.339 e. The number of rotatable bonds is 5. The molecule has 1 atom stereocenters. The quantitative estimate of drug-likeness (QED) is 0.721. The van der Waals surface area contributed by atoms with Crippen LogP contribution >= 0.6 is 0 Å². The minimum atomic E-state index is 0.217. The van der Waals surface area contributed by atoms with E-state index < -0.39 is 0 Å². The van der Waals surface area contributed by atoms with Crippen LogP contribution in [0.4, 0.5) is 0 Å². The van der Waals surface area contributed by atoms with E-state index in [1.807, 2.05) is 0 Å². The molecule has 0 spiro atoms. The molecular formula is C12H19N3O2. The normalized spacial score (nSPS) is 21.6. The van der Waals surface area contributed by atoms with Gasteiger partial charge in [0, 0.05) is 12.5 Å². The van der Waals surface area contributed by atoms with Crippen molar-refractivity contribution in [1.82, 2.24) is 15.0 Å². The van der Waals surface area contributed by atoms with E-state index in [9.17, 15) is 4.79 Å². The molecule has 1 fully saturated rings. The van der Waals surface area contributed by atoms with E-state index in [1.54, 1.807) is 0 Å². The maximum atomic E-state index is 10.3. The molecule has 0 saturated carbocycles. The van der Waals surface area contributed by atoms with E-state index in [-0.39, 0.29) is 6.42 Å². The average molecular weight is 237 g/mol. The monoisotopic (exact) mass is 237 g/mol. The summed E-state index contributed by atoms with van der Waals surface area (Å²) in [4.78, 5) is 17.0. The standard InChI is InChI=1S/C12H19N3O2/c1-2-15-7-4-3-5-10(15)9-11-13-12(6-8-16)17-14-11/h8,10H,2-7,9H2,1H3. The zero-order valence-electron chi connectivity index (χ0n) is 10.3. The number of hydrogen-bond acceptors (Lipinski definition) is 5. The highest BCUT2D eigenvalue weighted by Crippen LogP contribution is 2.19. The van der Waals surface area contributed by atoms with Crippen LogP contribution in [0, 0.1) is 0 Å². The highest BCUT2D eigenvalue weighted by atomic mass is 16.5. The Balaban J connectivity index is 1.95. The summed E-state index contributed by atoms with van der Waals surface area (Å²) in [6, 6.07) is 0.524. The van der Waals surface area contributed by atoms with Gasteiger partial charge in [-0.1, -0.05) is 18.5 Å². The van der Waals surface area contributed by atoms with Gasteiger partial charge < -0.3 is 14.2 Å². The maximum absolute atomic E-state index is 10.3. The van der Waals surface area contributed by atoms with Crippen molar-refractivity contribution in [1.29, 1.82) is 0 Å². The van der Waals surface area contributed by atoms with Crippen molar-refractivity contribution < 1.29 is 9.32 Å². The van der Waals surface area contributed by atoms with Gasteiger partial charge in [-0.2, -0.15) is 4.98 Å². The van der Waals surface area contributed by atoms with E-state index in [1.165, 1.54) is 25.8 Å². The van der Waals surface area contributed by atoms with Crippen LogP contribution in [-0.4, -0.2) is 40.5 Å². The van der Waals surface area contributed by atoms with Crippen LogP contribution in [-0.2, 0) is 17.6 Å². The van der Waals surface area contributed by atoms with Crippen molar-refractivity contribution in [3.63, 3.8) is 0 Å². The molecule has 1 aliphatic rings. The molecule has 0 aliphatic carbocycles. The summed E-state index contributed by atoms with van der Waals surface area (Å²) in [5, 5.41) is 3.93. The topological polar surface area (TPSA) is 59.2 Å². The second kappa shape index (κ2) is 5.91. The summed E-state index contributed by atoms with van der Waals surface area (Å²) in [5.74, 6) is 1.15. The van der Waals surface area contributed by atoms with Crippen LogP contribution in [0.2, 0.25) is 0 Å². The highest BCUT2D eigenvalue weighted by Gasteiger charge is 2.23. The number of hydrogen-bond donors (Lipinski definition) is 0. The Kier molecular flexibility index (Phi) is 4.25. The van der Waals surface area contributed by atoms with Gasteiger partial charge >= 0.3 is 0 Å². The van der Waals surface area contributed by atoms with Gasteiger partial charge in [-0.25, -0.2) is 0 Å². The Morgan fingerprint density at radius 1 is 1.53 bits per heavy atom. The number of carbonyl (C=O) groups is 1. The summed E-state index contributed by atoms with van der Waals surface area (Å²) in [7, 11) is 0. The highest BCUT2D eigenvalue weighted by molar-refractivity contribution is 5.52. The van der Waals surface area contributed by atoms with Crippen LogP contribution in [0.3, 0.4) is 0 Å². The SMILES string of the molecule is CCN1CCCCC1Cc1noc(CC=O)n1. The van der Waals surface area contributed by atoms with Gasteiger partial charge in [0.05, 0.1) is 6.42 Å². The zero-order valence-corrected chi connectivity index (χ0v) is 10.3. The number of carbonyl (C=O) groups excluding carboxylic acids is 1. The predicted octanol–water partition coefficient (Wildman–Crippen LogP) is 1.23. The lowest BCUT2D eigenvalue weighted by atomic mass is 9.99. The predicted molar refractivity (Wildman–Crippen MR) is 62.7 cm³/mol. The molecular weight excluding hydrogens is 218 g/mol. The summed E-state index contributed by atoms with van der Waals surface area (Å²) in [6.07, 6.45) is 5.60. The van der Waals surface area contributed by atoms with E-state index in [4.69, 9.17) is 4.52 Å². The molecule has 5 nitrogen and oxygen atoms in total. The fourth-order valence-electron chi connectivity index (χ4n) is 2.45. The summed E-state index contributed by atoms with van der Waals surface area (Å²) in [5.41, 5.74) is 0. The molecule has 0 bridgehead atoms. The molecule has 1 aromatic heterocycles. The number of aldehydes is 1. The van der Waals surface area contributed by atoms with Crippen LogP contribution in [0.5, 0.6) is 0 Å². The molecule has 0 amide bonds. The number of nitrogens with zero attached hydrogens (tertiary/aromatic N) is 3. The van der Waals surface area contributed by atoms with Gasteiger partial charge in [0.2, 0.25) is 5.89 Å². The average Bonchev–Trinajstić information content (AvgIpc) is 2.78. The third-order valence-electron chi connectivity index (χ3n) is 3.34. The lowest BCUT2D eigenvalue weighted by molar-refractivity contribution is -0.107. The fraction of sp³-hybridized carbons (Fsp3) is 0.750. The van der Waals surface area contributed by atoms with Crippen LogP contribution in [0.1, 0.15) is 37.9 Å². The molecule has 2 heterocycles. The smallest absolute Gasteiger partial charge is 0.233 e. The first kappa shape index (κ1) is 12.2. The molecule has 0 aromatic carbocycles. The van der Waals surface area contributed by atoms with Gasteiger partial charge in [0.25, 0.3) is 0 Å². The van der Waals surface area contributed by atoms with Gasteiger partial charge in [0.1, 0.15) is 6.29 Å². The minimum absolute atomic E-state index is 0.217. The third-order valence-corrected chi connectivity index (χ3v) is 3.34. The summed E-state index contributed by atoms with van der Waals surface area (Å²) >= 11 is 0. The number of likely N-dealkylation sites (tertiary alicyclic amines) is 1. The van der Waals surface area contributed by atoms with Crippen molar-refractivity contribution in [3.8, 4) is 0 Å². The first-order valence-electron chi connectivity index (χ1n) is 6.32. The number of piperidine rings is 1. The number of likely N-dealkylation sites (N-methyl/N-ethyl adjacent to an activating group) is 1. The lowest BCUT2D eigenvalue weighted by Crippen LogP contribution is -2.40. The molecule has 1 aliphatic heterocycles. The molecule has 94 valence electrons. The Labute approximate surface area is 101 Å². The maximum Gasteiger partial charge on any atom is 0.233 e. The van der Waals surface area contributed by atoms with Crippen molar-refractivity contribution in [3.05, 3.63) is 11.7 Å². The molecule has 1 aromatic rings. The van der Waals surface area contributed by atoms with E-state index >= 15 is 0 Å². The van der Waals surface area contributed by atoms with E-state index in [0.717, 1.165) is 25.1 Å². The Hall–Kier alpha value is -1.23.